The summed E-state index contributed by atoms with van der Waals surface area (Å²) in [6.45, 7) is 2.34. The molecule has 0 radical (unpaired) electrons. The summed E-state index contributed by atoms with van der Waals surface area (Å²) < 4.78 is 3.71. The molecule has 5 aromatic rings. The molecule has 1 amide bonds. The van der Waals surface area contributed by atoms with Gasteiger partial charge in [0.2, 0.25) is 0 Å². The number of halogens is 1. The van der Waals surface area contributed by atoms with Crippen LogP contribution in [-0.2, 0) is 6.54 Å². The predicted molar refractivity (Wildman–Crippen MR) is 122 cm³/mol. The minimum absolute atomic E-state index is 0.212. The van der Waals surface area contributed by atoms with Gasteiger partial charge in [0.15, 0.2) is 0 Å². The molecule has 5 rings (SSSR count). The van der Waals surface area contributed by atoms with Gasteiger partial charge in [-0.2, -0.15) is 5.10 Å². The van der Waals surface area contributed by atoms with Gasteiger partial charge in [-0.3, -0.25) is 9.48 Å². The highest BCUT2D eigenvalue weighted by Gasteiger charge is 2.17. The van der Waals surface area contributed by atoms with Crippen LogP contribution in [0.2, 0.25) is 5.02 Å². The number of aryl methyl sites for hydroxylation is 1. The van der Waals surface area contributed by atoms with Gasteiger partial charge in [-0.05, 0) is 31.2 Å². The van der Waals surface area contributed by atoms with Crippen LogP contribution in [-0.4, -0.2) is 30.1 Å². The van der Waals surface area contributed by atoms with Crippen molar-refractivity contribution in [3.05, 3.63) is 88.5 Å². The van der Waals surface area contributed by atoms with Crippen LogP contribution < -0.4 is 5.32 Å². The average Bonchev–Trinajstić information content (AvgIpc) is 3.46. The van der Waals surface area contributed by atoms with Crippen molar-refractivity contribution in [3.8, 4) is 10.6 Å². The summed E-state index contributed by atoms with van der Waals surface area (Å²) in [5.74, 6) is -0.212. The summed E-state index contributed by atoms with van der Waals surface area (Å²) in [4.78, 5) is 22.5. The lowest BCUT2D eigenvalue weighted by molar-refractivity contribution is 0.103. The highest BCUT2D eigenvalue weighted by molar-refractivity contribution is 7.17. The number of amides is 1. The number of thiazole rings is 1. The summed E-state index contributed by atoms with van der Waals surface area (Å²) in [5, 5.41) is 8.63. The fraction of sp³-hybridized carbons (Fsp3) is 0.0909. The van der Waals surface area contributed by atoms with Crippen molar-refractivity contribution in [2.45, 2.75) is 13.5 Å². The zero-order chi connectivity index (χ0) is 21.4. The molecule has 7 nitrogen and oxygen atoms in total. The van der Waals surface area contributed by atoms with Gasteiger partial charge in [0.05, 0.1) is 29.8 Å². The number of hydrogen-bond donors (Lipinski definition) is 1. The number of anilines is 1. The van der Waals surface area contributed by atoms with Crippen LogP contribution in [0.3, 0.4) is 0 Å². The third kappa shape index (κ3) is 4.08. The van der Waals surface area contributed by atoms with Gasteiger partial charge < -0.3 is 9.72 Å². The standard InChI is InChI=1S/C22H17ClN6OS/c1-14-20(31-22(25-14)15-5-4-6-16(23)9-15)21(30)27-17-10-24-29(12-17)13-18-11-28-8-3-2-7-19(28)26-18/h2-12H,13H2,1H3,(H,27,30). The highest BCUT2D eigenvalue weighted by Crippen LogP contribution is 2.30. The van der Waals surface area contributed by atoms with Crippen molar-refractivity contribution < 1.29 is 4.79 Å². The van der Waals surface area contributed by atoms with Crippen LogP contribution >= 0.6 is 22.9 Å². The van der Waals surface area contributed by atoms with Gasteiger partial charge in [-0.15, -0.1) is 11.3 Å². The molecule has 0 aliphatic rings. The first-order chi connectivity index (χ1) is 15.0. The highest BCUT2D eigenvalue weighted by atomic mass is 35.5. The molecule has 0 aliphatic carbocycles. The number of fused-ring (bicyclic) bond motifs is 1. The Labute approximate surface area is 187 Å². The Kier molecular flexibility index (Phi) is 5.01. The first kappa shape index (κ1) is 19.5. The molecule has 1 N–H and O–H groups in total. The number of benzene rings is 1. The molecule has 0 saturated heterocycles. The summed E-state index contributed by atoms with van der Waals surface area (Å²) in [7, 11) is 0. The molecule has 0 unspecified atom stereocenters. The molecule has 31 heavy (non-hydrogen) atoms. The first-order valence-corrected chi connectivity index (χ1v) is 10.7. The molecule has 9 heteroatoms. The Balaban J connectivity index is 1.30. The molecule has 0 atom stereocenters. The van der Waals surface area contributed by atoms with E-state index in [4.69, 9.17) is 11.6 Å². The van der Waals surface area contributed by atoms with E-state index in [1.54, 1.807) is 17.1 Å². The van der Waals surface area contributed by atoms with Crippen LogP contribution in [0.25, 0.3) is 16.2 Å². The molecule has 0 spiro atoms. The first-order valence-electron chi connectivity index (χ1n) is 9.55. The number of rotatable bonds is 5. The molecule has 4 aromatic heterocycles. The van der Waals surface area contributed by atoms with Crippen molar-refractivity contribution in [1.82, 2.24) is 24.1 Å². The van der Waals surface area contributed by atoms with Crippen LogP contribution in [0.4, 0.5) is 5.69 Å². The minimum atomic E-state index is -0.212. The van der Waals surface area contributed by atoms with Crippen molar-refractivity contribution in [2.75, 3.05) is 5.32 Å². The Morgan fingerprint density at radius 1 is 1.16 bits per heavy atom. The molecule has 0 fully saturated rings. The second-order valence-corrected chi connectivity index (χ2v) is 8.46. The van der Waals surface area contributed by atoms with Gasteiger partial charge in [-0.1, -0.05) is 29.8 Å². The van der Waals surface area contributed by atoms with E-state index in [1.165, 1.54) is 11.3 Å². The van der Waals surface area contributed by atoms with E-state index in [0.29, 0.717) is 27.8 Å². The summed E-state index contributed by atoms with van der Waals surface area (Å²) >= 11 is 7.42. The number of pyridine rings is 1. The zero-order valence-corrected chi connectivity index (χ0v) is 18.1. The van der Waals surface area contributed by atoms with Crippen molar-refractivity contribution >= 4 is 40.2 Å². The topological polar surface area (TPSA) is 77.1 Å². The number of aromatic nitrogens is 5. The second kappa shape index (κ2) is 7.98. The predicted octanol–water partition coefficient (Wildman–Crippen LogP) is 4.92. The number of hydrogen-bond acceptors (Lipinski definition) is 5. The molecule has 1 aromatic carbocycles. The molecule has 0 aliphatic heterocycles. The van der Waals surface area contributed by atoms with Crippen molar-refractivity contribution in [2.24, 2.45) is 0 Å². The number of imidazole rings is 1. The van der Waals surface area contributed by atoms with Gasteiger partial charge in [0.25, 0.3) is 5.91 Å². The maximum Gasteiger partial charge on any atom is 0.267 e. The van der Waals surface area contributed by atoms with Gasteiger partial charge in [0, 0.05) is 29.2 Å². The molecule has 154 valence electrons. The maximum atomic E-state index is 12.8. The smallest absolute Gasteiger partial charge is 0.267 e. The largest absolute Gasteiger partial charge is 0.319 e. The van der Waals surface area contributed by atoms with Crippen LogP contribution in [0.1, 0.15) is 21.1 Å². The Morgan fingerprint density at radius 3 is 2.90 bits per heavy atom. The molecule has 4 heterocycles. The normalized spacial score (nSPS) is 11.2. The third-order valence-electron chi connectivity index (χ3n) is 4.70. The molecule has 0 saturated carbocycles. The van der Waals surface area contributed by atoms with E-state index in [0.717, 1.165) is 21.9 Å². The van der Waals surface area contributed by atoms with E-state index in [-0.39, 0.29) is 5.91 Å². The fourth-order valence-corrected chi connectivity index (χ4v) is 4.43. The number of nitrogens with zero attached hydrogens (tertiary/aromatic N) is 5. The van der Waals surface area contributed by atoms with Crippen molar-refractivity contribution in [3.63, 3.8) is 0 Å². The summed E-state index contributed by atoms with van der Waals surface area (Å²) in [5.41, 5.74) is 3.95. The summed E-state index contributed by atoms with van der Waals surface area (Å²) in [6, 6.07) is 13.3. The number of nitrogens with one attached hydrogen (secondary N) is 1. The maximum absolute atomic E-state index is 12.8. The SMILES string of the molecule is Cc1nc(-c2cccc(Cl)c2)sc1C(=O)Nc1cnn(Cc2cn3ccccc3n2)c1. The van der Waals surface area contributed by atoms with E-state index >= 15 is 0 Å². The van der Waals surface area contributed by atoms with E-state index in [9.17, 15) is 4.79 Å². The van der Waals surface area contributed by atoms with Gasteiger partial charge in [-0.25, -0.2) is 9.97 Å². The lowest BCUT2D eigenvalue weighted by atomic mass is 10.2. The number of carbonyl (C=O) groups is 1. The third-order valence-corrected chi connectivity index (χ3v) is 6.14. The second-order valence-electron chi connectivity index (χ2n) is 7.02. The lowest BCUT2D eigenvalue weighted by Crippen LogP contribution is -2.11. The van der Waals surface area contributed by atoms with Gasteiger partial charge in [0.1, 0.15) is 15.5 Å². The lowest BCUT2D eigenvalue weighted by Gasteiger charge is -2.00. The van der Waals surface area contributed by atoms with Gasteiger partial charge >= 0.3 is 0 Å². The Bertz CT molecular complexity index is 1370. The monoisotopic (exact) mass is 448 g/mol. The van der Waals surface area contributed by atoms with Crippen LogP contribution in [0.15, 0.2) is 67.3 Å². The van der Waals surface area contributed by atoms with E-state index in [1.807, 2.05) is 66.2 Å². The van der Waals surface area contributed by atoms with Crippen LogP contribution in [0, 0.1) is 6.92 Å². The average molecular weight is 449 g/mol. The Morgan fingerprint density at radius 2 is 2.06 bits per heavy atom. The number of carbonyl (C=O) groups excluding carboxylic acids is 1. The van der Waals surface area contributed by atoms with E-state index in [2.05, 4.69) is 20.4 Å². The molecular formula is C22H17ClN6OS. The minimum Gasteiger partial charge on any atom is -0.319 e. The van der Waals surface area contributed by atoms with E-state index < -0.39 is 0 Å². The zero-order valence-electron chi connectivity index (χ0n) is 16.5. The fourth-order valence-electron chi connectivity index (χ4n) is 3.28. The molecular weight excluding hydrogens is 432 g/mol. The summed E-state index contributed by atoms with van der Waals surface area (Å²) in [6.07, 6.45) is 7.33. The van der Waals surface area contributed by atoms with Crippen LogP contribution in [0.5, 0.6) is 0 Å². The Hall–Kier alpha value is -3.49. The molecule has 0 bridgehead atoms. The quantitative estimate of drug-likeness (QED) is 0.414. The van der Waals surface area contributed by atoms with Crippen molar-refractivity contribution in [1.29, 1.82) is 0 Å².